The Morgan fingerprint density at radius 2 is 2.42 bits per heavy atom. The number of fused-ring (bicyclic) bond motifs is 1. The SMILES string of the molecule is O=C(Cc1ccsc1)NCc1cnn2c1CCCC2. The zero-order chi connectivity index (χ0) is 13.1. The molecule has 0 saturated carbocycles. The van der Waals surface area contributed by atoms with Gasteiger partial charge in [0.2, 0.25) is 5.91 Å². The Morgan fingerprint density at radius 3 is 3.26 bits per heavy atom. The summed E-state index contributed by atoms with van der Waals surface area (Å²) in [5.74, 6) is 0.0779. The van der Waals surface area contributed by atoms with E-state index in [4.69, 9.17) is 0 Å². The van der Waals surface area contributed by atoms with Crippen LogP contribution in [-0.4, -0.2) is 15.7 Å². The lowest BCUT2D eigenvalue weighted by atomic mass is 10.1. The lowest BCUT2D eigenvalue weighted by Crippen LogP contribution is -2.25. The lowest BCUT2D eigenvalue weighted by Gasteiger charge is -2.14. The van der Waals surface area contributed by atoms with Crippen molar-refractivity contribution in [3.8, 4) is 0 Å². The number of thiophene rings is 1. The van der Waals surface area contributed by atoms with E-state index in [1.54, 1.807) is 11.3 Å². The number of nitrogens with zero attached hydrogens (tertiary/aromatic N) is 2. The first-order chi connectivity index (χ1) is 9.33. The van der Waals surface area contributed by atoms with Gasteiger partial charge in [-0.1, -0.05) is 0 Å². The second kappa shape index (κ2) is 5.57. The van der Waals surface area contributed by atoms with Crippen molar-refractivity contribution in [1.29, 1.82) is 0 Å². The number of amides is 1. The average molecular weight is 275 g/mol. The van der Waals surface area contributed by atoms with Gasteiger partial charge in [0.15, 0.2) is 0 Å². The summed E-state index contributed by atoms with van der Waals surface area (Å²) in [6, 6.07) is 1.99. The van der Waals surface area contributed by atoms with Crippen LogP contribution >= 0.6 is 11.3 Å². The Morgan fingerprint density at radius 1 is 1.47 bits per heavy atom. The van der Waals surface area contributed by atoms with E-state index in [-0.39, 0.29) is 5.91 Å². The number of hydrogen-bond donors (Lipinski definition) is 1. The molecule has 1 aliphatic rings. The Bertz CT molecular complexity index is 559. The van der Waals surface area contributed by atoms with Gasteiger partial charge in [0.1, 0.15) is 0 Å². The molecule has 100 valence electrons. The highest BCUT2D eigenvalue weighted by molar-refractivity contribution is 7.07. The van der Waals surface area contributed by atoms with Crippen LogP contribution in [0.3, 0.4) is 0 Å². The normalized spacial score (nSPS) is 14.1. The molecule has 0 radical (unpaired) electrons. The van der Waals surface area contributed by atoms with Crippen molar-refractivity contribution in [3.63, 3.8) is 0 Å². The first-order valence-electron chi connectivity index (χ1n) is 6.64. The van der Waals surface area contributed by atoms with Crippen molar-refractivity contribution in [2.24, 2.45) is 0 Å². The summed E-state index contributed by atoms with van der Waals surface area (Å²) in [6.07, 6.45) is 5.87. The van der Waals surface area contributed by atoms with Crippen molar-refractivity contribution in [3.05, 3.63) is 39.8 Å². The van der Waals surface area contributed by atoms with Gasteiger partial charge < -0.3 is 5.32 Å². The van der Waals surface area contributed by atoms with Crippen molar-refractivity contribution < 1.29 is 4.79 Å². The van der Waals surface area contributed by atoms with Crippen LogP contribution in [0.4, 0.5) is 0 Å². The van der Waals surface area contributed by atoms with Crippen molar-refractivity contribution in [2.75, 3.05) is 0 Å². The van der Waals surface area contributed by atoms with Gasteiger partial charge >= 0.3 is 0 Å². The molecule has 1 amide bonds. The Labute approximate surface area is 116 Å². The number of carbonyl (C=O) groups is 1. The molecule has 4 nitrogen and oxygen atoms in total. The molecular formula is C14H17N3OS. The highest BCUT2D eigenvalue weighted by Gasteiger charge is 2.15. The zero-order valence-corrected chi connectivity index (χ0v) is 11.6. The Balaban J connectivity index is 1.57. The van der Waals surface area contributed by atoms with Gasteiger partial charge in [-0.2, -0.15) is 16.4 Å². The van der Waals surface area contributed by atoms with Gasteiger partial charge in [0.05, 0.1) is 12.6 Å². The molecule has 0 unspecified atom stereocenters. The van der Waals surface area contributed by atoms with E-state index in [9.17, 15) is 4.79 Å². The second-order valence-corrected chi connectivity index (χ2v) is 5.66. The van der Waals surface area contributed by atoms with E-state index in [1.165, 1.54) is 24.1 Å². The van der Waals surface area contributed by atoms with Crippen molar-refractivity contribution in [1.82, 2.24) is 15.1 Å². The number of carbonyl (C=O) groups excluding carboxylic acids is 1. The summed E-state index contributed by atoms with van der Waals surface area (Å²) < 4.78 is 2.07. The number of aryl methyl sites for hydroxylation is 1. The summed E-state index contributed by atoms with van der Waals surface area (Å²) in [7, 11) is 0. The smallest absolute Gasteiger partial charge is 0.224 e. The quantitative estimate of drug-likeness (QED) is 0.929. The summed E-state index contributed by atoms with van der Waals surface area (Å²) in [6.45, 7) is 1.61. The Kier molecular flexibility index (Phi) is 3.64. The van der Waals surface area contributed by atoms with Crippen LogP contribution in [-0.2, 0) is 30.7 Å². The molecule has 3 heterocycles. The van der Waals surface area contributed by atoms with Crippen molar-refractivity contribution in [2.45, 2.75) is 38.8 Å². The minimum absolute atomic E-state index is 0.0779. The summed E-state index contributed by atoms with van der Waals surface area (Å²) >= 11 is 1.62. The van der Waals surface area contributed by atoms with E-state index in [1.807, 2.05) is 23.0 Å². The summed E-state index contributed by atoms with van der Waals surface area (Å²) in [5.41, 5.74) is 3.54. The molecule has 19 heavy (non-hydrogen) atoms. The summed E-state index contributed by atoms with van der Waals surface area (Å²) in [4.78, 5) is 11.8. The predicted molar refractivity (Wildman–Crippen MR) is 75.0 cm³/mol. The van der Waals surface area contributed by atoms with E-state index >= 15 is 0 Å². The third-order valence-electron chi connectivity index (χ3n) is 3.49. The molecule has 0 bridgehead atoms. The third kappa shape index (κ3) is 2.87. The number of nitrogens with one attached hydrogen (secondary N) is 1. The number of hydrogen-bond acceptors (Lipinski definition) is 3. The second-order valence-electron chi connectivity index (χ2n) is 4.88. The van der Waals surface area contributed by atoms with Gasteiger partial charge in [0.25, 0.3) is 0 Å². The molecule has 2 aromatic heterocycles. The van der Waals surface area contributed by atoms with Crippen LogP contribution in [0.15, 0.2) is 23.0 Å². The van der Waals surface area contributed by atoms with Gasteiger partial charge in [0, 0.05) is 24.3 Å². The average Bonchev–Trinajstić information content (AvgIpc) is 3.05. The molecule has 0 atom stereocenters. The monoisotopic (exact) mass is 275 g/mol. The van der Waals surface area contributed by atoms with Gasteiger partial charge in [-0.25, -0.2) is 0 Å². The largest absolute Gasteiger partial charge is 0.352 e. The summed E-state index contributed by atoms with van der Waals surface area (Å²) in [5, 5.41) is 11.4. The maximum absolute atomic E-state index is 11.8. The van der Waals surface area contributed by atoms with Crippen LogP contribution in [0.2, 0.25) is 0 Å². The van der Waals surface area contributed by atoms with E-state index in [0.717, 1.165) is 18.5 Å². The molecular weight excluding hydrogens is 258 g/mol. The molecule has 1 aliphatic heterocycles. The molecule has 0 fully saturated rings. The van der Waals surface area contributed by atoms with Gasteiger partial charge in [-0.15, -0.1) is 0 Å². The predicted octanol–water partition coefficient (Wildman–Crippen LogP) is 2.14. The zero-order valence-electron chi connectivity index (χ0n) is 10.8. The topological polar surface area (TPSA) is 46.9 Å². The highest BCUT2D eigenvalue weighted by atomic mass is 32.1. The van der Waals surface area contributed by atoms with Crippen LogP contribution in [0, 0.1) is 0 Å². The molecule has 0 saturated heterocycles. The van der Waals surface area contributed by atoms with Crippen LogP contribution in [0.5, 0.6) is 0 Å². The third-order valence-corrected chi connectivity index (χ3v) is 4.22. The van der Waals surface area contributed by atoms with E-state index in [0.29, 0.717) is 13.0 Å². The minimum atomic E-state index is 0.0779. The first kappa shape index (κ1) is 12.4. The fourth-order valence-corrected chi connectivity index (χ4v) is 3.14. The molecule has 1 N–H and O–H groups in total. The fraction of sp³-hybridized carbons (Fsp3) is 0.429. The highest BCUT2D eigenvalue weighted by Crippen LogP contribution is 2.17. The van der Waals surface area contributed by atoms with Crippen molar-refractivity contribution >= 4 is 17.2 Å². The fourth-order valence-electron chi connectivity index (χ4n) is 2.47. The standard InChI is InChI=1S/C14H17N3OS/c18-14(7-11-4-6-19-10-11)15-8-12-9-16-17-5-2-1-3-13(12)17/h4,6,9-10H,1-3,5,7-8H2,(H,15,18). The minimum Gasteiger partial charge on any atom is -0.352 e. The van der Waals surface area contributed by atoms with E-state index < -0.39 is 0 Å². The lowest BCUT2D eigenvalue weighted by molar-refractivity contribution is -0.120. The van der Waals surface area contributed by atoms with Crippen LogP contribution in [0.25, 0.3) is 0 Å². The number of rotatable bonds is 4. The Hall–Kier alpha value is -1.62. The van der Waals surface area contributed by atoms with E-state index in [2.05, 4.69) is 15.1 Å². The number of aromatic nitrogens is 2. The van der Waals surface area contributed by atoms with Gasteiger partial charge in [-0.3, -0.25) is 9.48 Å². The molecule has 0 aliphatic carbocycles. The maximum Gasteiger partial charge on any atom is 0.224 e. The molecule has 0 spiro atoms. The maximum atomic E-state index is 11.8. The van der Waals surface area contributed by atoms with Gasteiger partial charge in [-0.05, 0) is 41.7 Å². The first-order valence-corrected chi connectivity index (χ1v) is 7.58. The van der Waals surface area contributed by atoms with Crippen LogP contribution in [0.1, 0.15) is 29.7 Å². The molecule has 0 aromatic carbocycles. The molecule has 2 aromatic rings. The molecule has 5 heteroatoms. The molecule has 3 rings (SSSR count). The van der Waals surface area contributed by atoms with Crippen LogP contribution < -0.4 is 5.32 Å².